The molecule has 1 aromatic rings. The lowest BCUT2D eigenvalue weighted by Gasteiger charge is -2.19. The van der Waals surface area contributed by atoms with Gasteiger partial charge in [-0.3, -0.25) is 0 Å². The molecule has 0 unspecified atom stereocenters. The summed E-state index contributed by atoms with van der Waals surface area (Å²) in [4.78, 5) is 7.98. The van der Waals surface area contributed by atoms with Crippen LogP contribution in [0.3, 0.4) is 0 Å². The molecule has 1 aromatic heterocycles. The van der Waals surface area contributed by atoms with Crippen molar-refractivity contribution in [3.8, 4) is 0 Å². The van der Waals surface area contributed by atoms with Gasteiger partial charge >= 0.3 is 0 Å². The van der Waals surface area contributed by atoms with Crippen molar-refractivity contribution in [2.24, 2.45) is 5.92 Å². The Kier molecular flexibility index (Phi) is 3.64. The standard InChI is InChI=1S/C9H16N4O/c1-6(2)8(5-14)13-9-11-3-7(10)4-12-9/h3-4,6,8,14H,5,10H2,1-2H3,(H,11,12,13)/t8-/m1/s1. The largest absolute Gasteiger partial charge is 0.396 e. The van der Waals surface area contributed by atoms with Crippen LogP contribution in [-0.4, -0.2) is 27.7 Å². The predicted molar refractivity (Wildman–Crippen MR) is 55.8 cm³/mol. The monoisotopic (exact) mass is 196 g/mol. The number of rotatable bonds is 4. The molecule has 78 valence electrons. The molecule has 0 aromatic carbocycles. The Morgan fingerprint density at radius 2 is 2.00 bits per heavy atom. The highest BCUT2D eigenvalue weighted by molar-refractivity contribution is 5.36. The van der Waals surface area contributed by atoms with Gasteiger partial charge in [-0.05, 0) is 5.92 Å². The molecule has 0 bridgehead atoms. The van der Waals surface area contributed by atoms with E-state index in [4.69, 9.17) is 10.8 Å². The zero-order chi connectivity index (χ0) is 10.6. The average molecular weight is 196 g/mol. The summed E-state index contributed by atoms with van der Waals surface area (Å²) in [6.07, 6.45) is 3.06. The molecule has 0 fully saturated rings. The highest BCUT2D eigenvalue weighted by Gasteiger charge is 2.12. The van der Waals surface area contributed by atoms with Gasteiger partial charge in [0.05, 0.1) is 30.7 Å². The van der Waals surface area contributed by atoms with Crippen LogP contribution in [0.4, 0.5) is 11.6 Å². The molecular formula is C9H16N4O. The van der Waals surface area contributed by atoms with Crippen LogP contribution < -0.4 is 11.1 Å². The average Bonchev–Trinajstić information content (AvgIpc) is 2.16. The number of nitrogens with one attached hydrogen (secondary N) is 1. The van der Waals surface area contributed by atoms with Gasteiger partial charge < -0.3 is 16.2 Å². The van der Waals surface area contributed by atoms with E-state index in [1.165, 1.54) is 12.4 Å². The van der Waals surface area contributed by atoms with Crippen LogP contribution in [0.25, 0.3) is 0 Å². The highest BCUT2D eigenvalue weighted by atomic mass is 16.3. The zero-order valence-electron chi connectivity index (χ0n) is 8.44. The Morgan fingerprint density at radius 1 is 1.43 bits per heavy atom. The Hall–Kier alpha value is -1.36. The van der Waals surface area contributed by atoms with E-state index in [2.05, 4.69) is 15.3 Å². The summed E-state index contributed by atoms with van der Waals surface area (Å²) in [7, 11) is 0. The maximum absolute atomic E-state index is 9.07. The lowest BCUT2D eigenvalue weighted by molar-refractivity contribution is 0.248. The summed E-state index contributed by atoms with van der Waals surface area (Å²) in [6, 6.07) is -0.0291. The van der Waals surface area contributed by atoms with Gasteiger partial charge in [0, 0.05) is 0 Å². The topological polar surface area (TPSA) is 84.1 Å². The van der Waals surface area contributed by atoms with E-state index in [1.54, 1.807) is 0 Å². The molecule has 0 saturated heterocycles. The van der Waals surface area contributed by atoms with Gasteiger partial charge in [0.15, 0.2) is 0 Å². The molecule has 5 heteroatoms. The van der Waals surface area contributed by atoms with Crippen molar-refractivity contribution < 1.29 is 5.11 Å². The predicted octanol–water partition coefficient (Wildman–Crippen LogP) is 0.488. The van der Waals surface area contributed by atoms with Crippen LogP contribution in [0.1, 0.15) is 13.8 Å². The molecule has 0 spiro atoms. The number of aliphatic hydroxyl groups is 1. The smallest absolute Gasteiger partial charge is 0.223 e. The summed E-state index contributed by atoms with van der Waals surface area (Å²) < 4.78 is 0. The molecule has 1 rings (SSSR count). The number of aliphatic hydroxyl groups excluding tert-OH is 1. The van der Waals surface area contributed by atoms with Crippen LogP contribution in [0.2, 0.25) is 0 Å². The van der Waals surface area contributed by atoms with E-state index in [0.717, 1.165) is 0 Å². The van der Waals surface area contributed by atoms with Crippen molar-refractivity contribution in [2.45, 2.75) is 19.9 Å². The molecule has 14 heavy (non-hydrogen) atoms. The SMILES string of the molecule is CC(C)[C@@H](CO)Nc1ncc(N)cn1. The van der Waals surface area contributed by atoms with Gasteiger partial charge in [-0.2, -0.15) is 0 Å². The highest BCUT2D eigenvalue weighted by Crippen LogP contribution is 2.08. The van der Waals surface area contributed by atoms with Gasteiger partial charge in [0.1, 0.15) is 0 Å². The van der Waals surface area contributed by atoms with Crippen molar-refractivity contribution in [2.75, 3.05) is 17.7 Å². The van der Waals surface area contributed by atoms with Crippen molar-refractivity contribution >= 4 is 11.6 Å². The molecule has 1 heterocycles. The Labute approximate surface area is 83.4 Å². The lowest BCUT2D eigenvalue weighted by Crippen LogP contribution is -2.30. The van der Waals surface area contributed by atoms with Crippen molar-refractivity contribution in [1.29, 1.82) is 0 Å². The minimum absolute atomic E-state index is 0.0291. The second-order valence-corrected chi connectivity index (χ2v) is 3.52. The molecule has 0 saturated carbocycles. The van der Waals surface area contributed by atoms with E-state index >= 15 is 0 Å². The van der Waals surface area contributed by atoms with Crippen LogP contribution in [0.15, 0.2) is 12.4 Å². The second kappa shape index (κ2) is 4.76. The zero-order valence-corrected chi connectivity index (χ0v) is 8.44. The molecule has 0 radical (unpaired) electrons. The van der Waals surface area contributed by atoms with Crippen LogP contribution in [-0.2, 0) is 0 Å². The number of nitrogens with two attached hydrogens (primary N) is 1. The third kappa shape index (κ3) is 2.85. The quantitative estimate of drug-likeness (QED) is 0.652. The summed E-state index contributed by atoms with van der Waals surface area (Å²) in [5.74, 6) is 0.813. The Balaban J connectivity index is 2.63. The van der Waals surface area contributed by atoms with Gasteiger partial charge in [0.25, 0.3) is 0 Å². The lowest BCUT2D eigenvalue weighted by atomic mass is 10.1. The number of aromatic nitrogens is 2. The number of hydrogen-bond acceptors (Lipinski definition) is 5. The van der Waals surface area contributed by atoms with Gasteiger partial charge in [0.2, 0.25) is 5.95 Å². The first-order valence-corrected chi connectivity index (χ1v) is 4.58. The summed E-state index contributed by atoms with van der Waals surface area (Å²) >= 11 is 0. The Bertz CT molecular complexity index is 273. The normalized spacial score (nSPS) is 12.9. The van der Waals surface area contributed by atoms with Crippen molar-refractivity contribution in [3.63, 3.8) is 0 Å². The maximum atomic E-state index is 9.07. The summed E-state index contributed by atoms with van der Waals surface area (Å²) in [5, 5.41) is 12.1. The van der Waals surface area contributed by atoms with Gasteiger partial charge in [-0.15, -0.1) is 0 Å². The first kappa shape index (κ1) is 10.7. The molecule has 0 aliphatic rings. The molecule has 4 N–H and O–H groups in total. The van der Waals surface area contributed by atoms with E-state index in [-0.39, 0.29) is 12.6 Å². The molecule has 1 atom stereocenters. The van der Waals surface area contributed by atoms with E-state index < -0.39 is 0 Å². The third-order valence-corrected chi connectivity index (χ3v) is 1.99. The fourth-order valence-corrected chi connectivity index (χ4v) is 1.00. The summed E-state index contributed by atoms with van der Waals surface area (Å²) in [5.41, 5.74) is 5.98. The fraction of sp³-hybridized carbons (Fsp3) is 0.556. The molecule has 5 nitrogen and oxygen atoms in total. The maximum Gasteiger partial charge on any atom is 0.223 e. The van der Waals surface area contributed by atoms with Crippen LogP contribution in [0, 0.1) is 5.92 Å². The minimum Gasteiger partial charge on any atom is -0.396 e. The first-order valence-electron chi connectivity index (χ1n) is 4.58. The number of hydrogen-bond donors (Lipinski definition) is 3. The number of anilines is 2. The van der Waals surface area contributed by atoms with E-state index in [9.17, 15) is 0 Å². The summed E-state index contributed by atoms with van der Waals surface area (Å²) in [6.45, 7) is 4.10. The molecule has 0 amide bonds. The fourth-order valence-electron chi connectivity index (χ4n) is 1.00. The molecular weight excluding hydrogens is 180 g/mol. The van der Waals surface area contributed by atoms with Gasteiger partial charge in [-0.25, -0.2) is 9.97 Å². The number of nitrogen functional groups attached to an aromatic ring is 1. The minimum atomic E-state index is -0.0291. The second-order valence-electron chi connectivity index (χ2n) is 3.52. The number of nitrogens with zero attached hydrogens (tertiary/aromatic N) is 2. The molecule has 0 aliphatic heterocycles. The van der Waals surface area contributed by atoms with Crippen molar-refractivity contribution in [1.82, 2.24) is 9.97 Å². The molecule has 0 aliphatic carbocycles. The first-order chi connectivity index (χ1) is 6.63. The Morgan fingerprint density at radius 3 is 2.43 bits per heavy atom. The van der Waals surface area contributed by atoms with Crippen LogP contribution in [0.5, 0.6) is 0 Å². The van der Waals surface area contributed by atoms with Crippen molar-refractivity contribution in [3.05, 3.63) is 12.4 Å². The van der Waals surface area contributed by atoms with Crippen LogP contribution >= 0.6 is 0 Å². The van der Waals surface area contributed by atoms with E-state index in [0.29, 0.717) is 17.6 Å². The van der Waals surface area contributed by atoms with E-state index in [1.807, 2.05) is 13.8 Å². The van der Waals surface area contributed by atoms with Gasteiger partial charge in [-0.1, -0.05) is 13.8 Å². The third-order valence-electron chi connectivity index (χ3n) is 1.99.